The van der Waals surface area contributed by atoms with Crippen LogP contribution in [0.1, 0.15) is 34.2 Å². The maximum Gasteiger partial charge on any atom is 0.406 e. The van der Waals surface area contributed by atoms with Gasteiger partial charge in [0.05, 0.1) is 0 Å². The van der Waals surface area contributed by atoms with Gasteiger partial charge in [-0.15, -0.1) is 0 Å². The maximum atomic E-state index is 12.7. The minimum atomic E-state index is -4.43. The number of aryl methyl sites for hydroxylation is 1. The van der Waals surface area contributed by atoms with Gasteiger partial charge >= 0.3 is 12.1 Å². The van der Waals surface area contributed by atoms with Crippen LogP contribution in [0.4, 0.5) is 13.2 Å². The van der Waals surface area contributed by atoms with Gasteiger partial charge in [0.15, 0.2) is 6.61 Å². The Morgan fingerprint density at radius 1 is 1.13 bits per heavy atom. The molecule has 0 atom stereocenters. The average Bonchev–Trinajstić information content (AvgIpc) is 2.92. The number of nitrogens with zero attached hydrogens (tertiary/aromatic N) is 1. The van der Waals surface area contributed by atoms with Crippen molar-refractivity contribution < 1.29 is 32.3 Å². The largest absolute Gasteiger partial charge is 0.453 e. The summed E-state index contributed by atoms with van der Waals surface area (Å²) < 4.78 is 44.1. The Morgan fingerprint density at radius 3 is 2.33 bits per heavy atom. The van der Waals surface area contributed by atoms with E-state index < -0.39 is 37.0 Å². The quantitative estimate of drug-likeness (QED) is 0.420. The molecular formula is C21H21F3N2O4. The van der Waals surface area contributed by atoms with Crippen LogP contribution in [0.5, 0.6) is 0 Å². The number of ether oxygens (including phenoxy) is 1. The Morgan fingerprint density at radius 2 is 1.77 bits per heavy atom. The van der Waals surface area contributed by atoms with E-state index in [0.29, 0.717) is 5.56 Å². The van der Waals surface area contributed by atoms with Gasteiger partial charge in [0.1, 0.15) is 12.2 Å². The molecular weight excluding hydrogens is 401 g/mol. The molecule has 1 N–H and O–H groups in total. The normalized spacial score (nSPS) is 11.9. The molecule has 1 amide bonds. The molecule has 0 unspecified atom stereocenters. The van der Waals surface area contributed by atoms with Crippen molar-refractivity contribution in [2.45, 2.75) is 33.5 Å². The van der Waals surface area contributed by atoms with Gasteiger partial charge in [-0.3, -0.25) is 9.59 Å². The fourth-order valence-corrected chi connectivity index (χ4v) is 2.84. The topological polar surface area (TPSA) is 77.4 Å². The lowest BCUT2D eigenvalue weighted by Crippen LogP contribution is -2.27. The molecule has 6 nitrogen and oxygen atoms in total. The number of benzene rings is 1. The Kier molecular flexibility index (Phi) is 7.20. The van der Waals surface area contributed by atoms with Gasteiger partial charge in [-0.05, 0) is 31.6 Å². The number of hydrogen-bond donors (Lipinski definition) is 1. The van der Waals surface area contributed by atoms with Gasteiger partial charge in [0.25, 0.3) is 0 Å². The number of esters is 1. The first-order chi connectivity index (χ1) is 14.0. The van der Waals surface area contributed by atoms with Crippen molar-refractivity contribution in [2.24, 2.45) is 0 Å². The van der Waals surface area contributed by atoms with Crippen LogP contribution in [-0.4, -0.2) is 35.0 Å². The second kappa shape index (κ2) is 9.43. The molecule has 2 rings (SSSR count). The fourth-order valence-electron chi connectivity index (χ4n) is 2.84. The molecule has 160 valence electrons. The molecule has 2 aromatic rings. The molecule has 0 saturated carbocycles. The van der Waals surface area contributed by atoms with E-state index in [2.05, 4.69) is 5.32 Å². The zero-order chi connectivity index (χ0) is 22.5. The molecule has 9 heteroatoms. The summed E-state index contributed by atoms with van der Waals surface area (Å²) in [6.45, 7) is 2.17. The highest BCUT2D eigenvalue weighted by atomic mass is 19.4. The minimum Gasteiger partial charge on any atom is -0.453 e. The van der Waals surface area contributed by atoms with Crippen LogP contribution in [0.15, 0.2) is 42.1 Å². The van der Waals surface area contributed by atoms with Crippen molar-refractivity contribution in [1.82, 2.24) is 9.88 Å². The van der Waals surface area contributed by atoms with E-state index in [4.69, 9.17) is 4.74 Å². The molecule has 0 aliphatic carbocycles. The molecule has 0 radical (unpaired) electrons. The maximum absolute atomic E-state index is 12.7. The van der Waals surface area contributed by atoms with Gasteiger partial charge < -0.3 is 14.6 Å². The molecule has 0 bridgehead atoms. The smallest absolute Gasteiger partial charge is 0.406 e. The third-order valence-corrected chi connectivity index (χ3v) is 4.19. The second-order valence-corrected chi connectivity index (χ2v) is 6.64. The van der Waals surface area contributed by atoms with Gasteiger partial charge in [-0.1, -0.05) is 30.3 Å². The van der Waals surface area contributed by atoms with E-state index in [-0.39, 0.29) is 22.6 Å². The number of halogens is 3. The van der Waals surface area contributed by atoms with Crippen LogP contribution in [0.3, 0.4) is 0 Å². The van der Waals surface area contributed by atoms with Crippen molar-refractivity contribution in [3.63, 3.8) is 0 Å². The molecule has 0 spiro atoms. The Labute approximate surface area is 171 Å². The highest BCUT2D eigenvalue weighted by molar-refractivity contribution is 6.02. The van der Waals surface area contributed by atoms with E-state index in [0.717, 1.165) is 4.57 Å². The molecule has 0 saturated heterocycles. The number of ketones is 1. The van der Waals surface area contributed by atoms with E-state index in [1.54, 1.807) is 30.3 Å². The van der Waals surface area contributed by atoms with Crippen molar-refractivity contribution in [3.05, 3.63) is 64.6 Å². The predicted octanol–water partition coefficient (Wildman–Crippen LogP) is 3.57. The van der Waals surface area contributed by atoms with Crippen LogP contribution >= 0.6 is 0 Å². The monoisotopic (exact) mass is 422 g/mol. The SMILES string of the molecule is CC(=O)N/C(=C/c1ccccc1)C(=O)OCC(=O)c1cc(C)n(CC(F)(F)F)c1C. The number of hydrogen-bond acceptors (Lipinski definition) is 4. The van der Waals surface area contributed by atoms with Crippen LogP contribution in [0.25, 0.3) is 6.08 Å². The summed E-state index contributed by atoms with van der Waals surface area (Å²) in [5.74, 6) is -2.09. The third-order valence-electron chi connectivity index (χ3n) is 4.19. The summed E-state index contributed by atoms with van der Waals surface area (Å²) in [5.41, 5.74) is 0.900. The zero-order valence-corrected chi connectivity index (χ0v) is 16.7. The summed E-state index contributed by atoms with van der Waals surface area (Å²) in [5, 5.41) is 2.35. The van der Waals surface area contributed by atoms with Crippen LogP contribution in [0.2, 0.25) is 0 Å². The predicted molar refractivity (Wildman–Crippen MR) is 103 cm³/mol. The number of nitrogens with one attached hydrogen (secondary N) is 1. The Hall–Kier alpha value is -3.36. The molecule has 0 aliphatic rings. The lowest BCUT2D eigenvalue weighted by Gasteiger charge is -2.12. The van der Waals surface area contributed by atoms with Crippen LogP contribution in [-0.2, 0) is 20.9 Å². The molecule has 0 fully saturated rings. The van der Waals surface area contributed by atoms with Crippen LogP contribution < -0.4 is 5.32 Å². The van der Waals surface area contributed by atoms with E-state index in [9.17, 15) is 27.6 Å². The van der Waals surface area contributed by atoms with Crippen LogP contribution in [0, 0.1) is 13.8 Å². The summed E-state index contributed by atoms with van der Waals surface area (Å²) in [7, 11) is 0. The number of carbonyl (C=O) groups is 3. The standard InChI is InChI=1S/C21H21F3N2O4/c1-13-9-17(14(2)26(13)12-21(22,23)24)19(28)11-30-20(29)18(25-15(3)27)10-16-7-5-4-6-8-16/h4-10H,11-12H2,1-3H3,(H,25,27)/b18-10+. The fraction of sp³-hybridized carbons (Fsp3) is 0.286. The van der Waals surface area contributed by atoms with Crippen molar-refractivity contribution >= 4 is 23.7 Å². The average molecular weight is 422 g/mol. The van der Waals surface area contributed by atoms with E-state index in [1.807, 2.05) is 0 Å². The highest BCUT2D eigenvalue weighted by Gasteiger charge is 2.30. The van der Waals surface area contributed by atoms with Crippen molar-refractivity contribution in [3.8, 4) is 0 Å². The number of carbonyl (C=O) groups excluding carboxylic acids is 3. The van der Waals surface area contributed by atoms with Gasteiger partial charge in [0, 0.05) is 23.9 Å². The first kappa shape index (κ1) is 22.9. The zero-order valence-electron chi connectivity index (χ0n) is 16.7. The summed E-state index contributed by atoms with van der Waals surface area (Å²) in [6, 6.07) is 9.99. The minimum absolute atomic E-state index is 0.0395. The molecule has 1 aromatic heterocycles. The summed E-state index contributed by atoms with van der Waals surface area (Å²) in [6.07, 6.45) is -3.04. The van der Waals surface area contributed by atoms with Crippen molar-refractivity contribution in [1.29, 1.82) is 0 Å². The van der Waals surface area contributed by atoms with Gasteiger partial charge in [0.2, 0.25) is 11.7 Å². The Balaban J connectivity index is 2.14. The lowest BCUT2D eigenvalue weighted by atomic mass is 10.1. The van der Waals surface area contributed by atoms with E-state index >= 15 is 0 Å². The van der Waals surface area contributed by atoms with Gasteiger partial charge in [-0.25, -0.2) is 4.79 Å². The molecule has 1 aromatic carbocycles. The molecule has 0 aliphatic heterocycles. The van der Waals surface area contributed by atoms with Gasteiger partial charge in [-0.2, -0.15) is 13.2 Å². The number of amides is 1. The van der Waals surface area contributed by atoms with Crippen molar-refractivity contribution in [2.75, 3.05) is 6.61 Å². The second-order valence-electron chi connectivity index (χ2n) is 6.64. The Bertz CT molecular complexity index is 976. The number of Topliss-reactive ketones (excluding diaryl/α,β-unsaturated/α-hetero) is 1. The first-order valence-electron chi connectivity index (χ1n) is 8.96. The first-order valence-corrected chi connectivity index (χ1v) is 8.96. The number of alkyl halides is 3. The summed E-state index contributed by atoms with van der Waals surface area (Å²) >= 11 is 0. The van der Waals surface area contributed by atoms with E-state index in [1.165, 1.54) is 32.9 Å². The molecule has 30 heavy (non-hydrogen) atoms. The summed E-state index contributed by atoms with van der Waals surface area (Å²) in [4.78, 5) is 36.2. The molecule has 1 heterocycles. The lowest BCUT2D eigenvalue weighted by molar-refractivity contribution is -0.141. The number of rotatable bonds is 7. The number of aromatic nitrogens is 1. The highest BCUT2D eigenvalue weighted by Crippen LogP contribution is 2.23. The third kappa shape index (κ3) is 6.33.